The lowest BCUT2D eigenvalue weighted by Gasteiger charge is -2.32. The van der Waals surface area contributed by atoms with Crippen LogP contribution >= 0.6 is 0 Å². The van der Waals surface area contributed by atoms with Gasteiger partial charge < -0.3 is 29.3 Å². The van der Waals surface area contributed by atoms with Gasteiger partial charge >= 0.3 is 6.18 Å². The van der Waals surface area contributed by atoms with E-state index in [1.165, 1.54) is 89.2 Å². The molecule has 0 bridgehead atoms. The zero-order valence-corrected chi connectivity index (χ0v) is 67.7. The summed E-state index contributed by atoms with van der Waals surface area (Å²) in [7, 11) is 4.03. The summed E-state index contributed by atoms with van der Waals surface area (Å²) in [5.41, 5.74) is 3.16. The van der Waals surface area contributed by atoms with Crippen molar-refractivity contribution in [1.82, 2.24) is 64.7 Å². The lowest BCUT2D eigenvalue weighted by molar-refractivity contribution is -0.722. The number of aromatic nitrogens is 6. The van der Waals surface area contributed by atoms with Gasteiger partial charge in [0.1, 0.15) is 11.8 Å². The molecule has 0 amide bonds. The number of pyridine rings is 2. The highest BCUT2D eigenvalue weighted by Crippen LogP contribution is 2.32. The number of nitrogens with one attached hydrogen (secondary N) is 1. The third kappa shape index (κ3) is 31.9. The summed E-state index contributed by atoms with van der Waals surface area (Å²) in [4.78, 5) is 48.5. The van der Waals surface area contributed by atoms with Gasteiger partial charge in [0.25, 0.3) is 6.33 Å². The number of halogens is 3. The van der Waals surface area contributed by atoms with Crippen LogP contribution in [0.15, 0.2) is 72.0 Å². The minimum Gasteiger partial charge on any atom is -0.379 e. The van der Waals surface area contributed by atoms with Gasteiger partial charge in [-0.3, -0.25) is 39.3 Å². The average Bonchev–Trinajstić information content (AvgIpc) is 1.77. The van der Waals surface area contributed by atoms with Crippen LogP contribution in [-0.4, -0.2) is 245 Å². The van der Waals surface area contributed by atoms with Gasteiger partial charge in [-0.05, 0) is 234 Å². The molecule has 12 heterocycles. The van der Waals surface area contributed by atoms with Gasteiger partial charge in [-0.2, -0.15) is 18.2 Å². The van der Waals surface area contributed by atoms with Crippen LogP contribution in [0.25, 0.3) is 0 Å². The van der Waals surface area contributed by atoms with E-state index in [9.17, 15) is 18.0 Å². The second-order valence-corrected chi connectivity index (χ2v) is 33.7. The van der Waals surface area contributed by atoms with E-state index in [0.717, 1.165) is 120 Å². The maximum atomic E-state index is 11.7. The zero-order valence-electron chi connectivity index (χ0n) is 67.7. The number of hydrogen-bond donors (Lipinski definition) is 1. The van der Waals surface area contributed by atoms with Gasteiger partial charge in [0.2, 0.25) is 11.7 Å². The monoisotopic (exact) mass is 1430 g/mol. The Morgan fingerprint density at radius 2 is 1.24 bits per heavy atom. The van der Waals surface area contributed by atoms with Gasteiger partial charge in [0, 0.05) is 176 Å². The van der Waals surface area contributed by atoms with E-state index in [2.05, 4.69) is 217 Å². The molecule has 12 rings (SSSR count). The normalized spacial score (nSPS) is 24.0. The summed E-state index contributed by atoms with van der Waals surface area (Å²) < 4.78 is 48.0. The number of hydrogen-bond acceptors (Lipinski definition) is 17. The van der Waals surface area contributed by atoms with E-state index < -0.39 is 12.1 Å². The number of nitrogens with zero attached hydrogens (tertiary/aromatic N) is 14. The maximum absolute atomic E-state index is 11.7. The van der Waals surface area contributed by atoms with Gasteiger partial charge in [-0.15, -0.1) is 0 Å². The van der Waals surface area contributed by atoms with Crippen molar-refractivity contribution in [3.05, 3.63) is 90.5 Å². The molecule has 0 aromatic carbocycles. The molecule has 1 N–H and O–H groups in total. The summed E-state index contributed by atoms with van der Waals surface area (Å²) >= 11 is 0. The molecule has 0 saturated carbocycles. The Morgan fingerprint density at radius 1 is 0.647 bits per heavy atom. The number of alkyl halides is 3. The highest BCUT2D eigenvalue weighted by Gasteiger charge is 2.41. The van der Waals surface area contributed by atoms with Crippen LogP contribution < -0.4 is 14.8 Å². The van der Waals surface area contributed by atoms with Gasteiger partial charge in [-0.1, -0.05) is 45.0 Å². The number of aryl methyl sites for hydroxylation is 1. The van der Waals surface area contributed by atoms with E-state index in [1.807, 2.05) is 69.9 Å². The molecule has 18 nitrogen and oxygen atoms in total. The maximum Gasteiger partial charge on any atom is 0.393 e. The minimum absolute atomic E-state index is 0.101. The molecule has 0 radical (unpaired) electrons. The van der Waals surface area contributed by atoms with Gasteiger partial charge in [-0.25, -0.2) is 4.57 Å². The lowest BCUT2D eigenvalue weighted by Crippen LogP contribution is -2.45. The van der Waals surface area contributed by atoms with Crippen LogP contribution in [0.2, 0.25) is 0 Å². The number of carbonyl (C=O) groups is 1. The quantitative estimate of drug-likeness (QED) is 0.119. The van der Waals surface area contributed by atoms with E-state index in [1.54, 1.807) is 0 Å². The van der Waals surface area contributed by atoms with Crippen molar-refractivity contribution in [1.29, 1.82) is 0 Å². The number of ketones is 1. The van der Waals surface area contributed by atoms with E-state index in [-0.39, 0.29) is 18.5 Å². The molecular formula is C81H143F3N15O3+. The molecule has 8 aliphatic rings. The van der Waals surface area contributed by atoms with Gasteiger partial charge in [0.15, 0.2) is 5.82 Å². The van der Waals surface area contributed by atoms with Crippen molar-refractivity contribution in [2.24, 2.45) is 29.6 Å². The summed E-state index contributed by atoms with van der Waals surface area (Å²) in [5, 5.41) is 6.49. The van der Waals surface area contributed by atoms with Crippen LogP contribution in [0.5, 0.6) is 0 Å². The van der Waals surface area contributed by atoms with Crippen molar-refractivity contribution in [2.75, 3.05) is 137 Å². The van der Waals surface area contributed by atoms with E-state index in [0.29, 0.717) is 66.3 Å². The minimum atomic E-state index is -3.98. The third-order valence-electron chi connectivity index (χ3n) is 21.1. The van der Waals surface area contributed by atoms with Crippen LogP contribution in [0.1, 0.15) is 211 Å². The zero-order chi connectivity index (χ0) is 75.3. The van der Waals surface area contributed by atoms with Crippen molar-refractivity contribution < 1.29 is 31.8 Å². The van der Waals surface area contributed by atoms with Crippen molar-refractivity contribution in [3.63, 3.8) is 0 Å². The second kappa shape index (κ2) is 43.9. The van der Waals surface area contributed by atoms with Gasteiger partial charge in [0.05, 0.1) is 31.2 Å². The Morgan fingerprint density at radius 3 is 1.71 bits per heavy atom. The molecule has 7 atom stereocenters. The number of morpholine rings is 1. The number of carbonyl (C=O) groups excluding carboxylic acids is 1. The predicted octanol–water partition coefficient (Wildman–Crippen LogP) is 13.5. The Balaban J connectivity index is 0.000000213. The molecule has 7 unspecified atom stereocenters. The van der Waals surface area contributed by atoms with Crippen LogP contribution in [0.4, 0.5) is 19.0 Å². The standard InChI is InChI=1S/C14H22N2.C13H23N4.C13H20N2.C11H22N2O.C11H21NO.C10H17N3O.C5H8F3N.C4H10/c1-14(2,3)16-9-7-12(11-16)10-13-6-4-5-8-15-13;1-11(2)16-7-5-12(9-16)17-8-6-13(14-10-17)15(3)4;1-11(2)15-7-5-13(10-15)8-12-4-3-6-14-9-12;1-10(2)13-4-3-11(9-13)12-5-7-14-8-6-12;1-5-10(13)9-6-7-12(8-9)11(2,3)4;1-7(2)13-5-4-9(6-13)10-11-8(3)12-14-10;6-5(7,8)4-1-2-9-3-4;1-4(2)3/h4-6,8,12H,7,9-11H2,1-3H3;6,8,10-12H,5,7,9H2,1-4H3;3-4,6,9,11,13H,5,7-8,10H2,1-2H3;10-11H,3-9H2,1-2H3;9H,5-8H2,1-4H3;7,9H,4-6H2,1-3H3;4,9H,1-3H2;4H,1-3H3/q;+1;;;;;;. The van der Waals surface area contributed by atoms with E-state index >= 15 is 0 Å². The number of Topliss-reactive ketones (excluding diaryl/α,β-unsaturated/α-hetero) is 1. The summed E-state index contributed by atoms with van der Waals surface area (Å²) in [5.74, 6) is 5.10. The molecular weight excluding hydrogens is 1290 g/mol. The second-order valence-electron chi connectivity index (χ2n) is 33.7. The topological polar surface area (TPSA) is 146 Å². The summed E-state index contributed by atoms with van der Waals surface area (Å²) in [6, 6.07) is 16.6. The van der Waals surface area contributed by atoms with Crippen molar-refractivity contribution in [3.8, 4) is 0 Å². The average molecular weight is 1430 g/mol. The number of likely N-dealkylation sites (tertiary alicyclic amines) is 6. The predicted molar refractivity (Wildman–Crippen MR) is 412 cm³/mol. The molecule has 21 heteroatoms. The molecule has 4 aromatic rings. The number of ether oxygens (including phenoxy) is 1. The van der Waals surface area contributed by atoms with Crippen molar-refractivity contribution >= 4 is 11.6 Å². The molecule has 580 valence electrons. The first-order valence-electron chi connectivity index (χ1n) is 39.3. The highest BCUT2D eigenvalue weighted by molar-refractivity contribution is 5.81. The van der Waals surface area contributed by atoms with Crippen molar-refractivity contribution in [2.45, 2.75) is 255 Å². The third-order valence-corrected chi connectivity index (χ3v) is 21.1. The Kier molecular flexibility index (Phi) is 37.9. The smallest absolute Gasteiger partial charge is 0.379 e. The SMILES string of the molecule is CC(C)(C)N1CCC(Cc2ccccn2)C1.CC(C)C.CC(C)N1CCC(Cc2cccnc2)C1.CC(C)N1CCC(N2CCOCC2)C1.CC(C)N1CCC([n+]2ccc(N(C)C)nc2)C1.CCC(=O)C1CCN(C(C)(C)C)C1.Cc1noc(C2CCN(C(C)C)C2)n1.FC(F)(F)C1CCNC1. The first-order valence-corrected chi connectivity index (χ1v) is 39.3. The summed E-state index contributed by atoms with van der Waals surface area (Å²) in [6.45, 7) is 60.8. The lowest BCUT2D eigenvalue weighted by atomic mass is 10.00. The highest BCUT2D eigenvalue weighted by atomic mass is 19.4. The number of anilines is 1. The van der Waals surface area contributed by atoms with Crippen LogP contribution in [0.3, 0.4) is 0 Å². The first-order chi connectivity index (χ1) is 48.1. The fraction of sp³-hybridized carbons (Fsp3) is 0.790. The fourth-order valence-corrected chi connectivity index (χ4v) is 14.4. The Labute approximate surface area is 617 Å². The molecule has 0 aliphatic carbocycles. The molecule has 8 saturated heterocycles. The molecule has 8 aliphatic heterocycles. The molecule has 0 spiro atoms. The van der Waals surface area contributed by atoms with Crippen LogP contribution in [-0.2, 0) is 22.4 Å². The molecule has 4 aromatic heterocycles. The number of rotatable bonds is 14. The van der Waals surface area contributed by atoms with Crippen LogP contribution in [0, 0.1) is 36.5 Å². The fourth-order valence-electron chi connectivity index (χ4n) is 14.4. The largest absolute Gasteiger partial charge is 0.393 e. The van der Waals surface area contributed by atoms with E-state index in [4.69, 9.17) is 9.26 Å². The Hall–Kier alpha value is -4.58. The summed E-state index contributed by atoms with van der Waals surface area (Å²) in [6.07, 6.45) is 16.6. The Bertz CT molecular complexity index is 2850. The molecule has 102 heavy (non-hydrogen) atoms. The first kappa shape index (κ1) is 88.1. The molecule has 8 fully saturated rings.